The summed E-state index contributed by atoms with van der Waals surface area (Å²) in [6.45, 7) is 0.572. The van der Waals surface area contributed by atoms with Crippen molar-refractivity contribution in [3.63, 3.8) is 0 Å². The standard InChI is InChI=1S/C32H37N11O6/c44-16-21(11-18-5-2-1-3-6-18)36-28-25-29(42(17-35-25)22-12-23(27(47)26(22)46)43-24(45)14-34-32(43)49)40-30(39-28)41-10-8-20(15-41)38-31(48)37-19-7-4-9-33-13-19/h1-7,9,13,17,20-23,26-27,44,46-47H,8,10-12,14-16H2,(H,34,49)(H,36,39,40)(H2,37,38,48). The van der Waals surface area contributed by atoms with Gasteiger partial charge in [-0.15, -0.1) is 0 Å². The number of rotatable bonds is 10. The molecule has 4 aromatic rings. The fourth-order valence-electron chi connectivity index (χ4n) is 6.78. The molecule has 17 heteroatoms. The summed E-state index contributed by atoms with van der Waals surface area (Å²) < 4.78 is 1.64. The molecule has 0 bridgehead atoms. The van der Waals surface area contributed by atoms with Gasteiger partial charge < -0.3 is 46.1 Å². The number of benzene rings is 1. The highest BCUT2D eigenvalue weighted by Crippen LogP contribution is 2.37. The van der Waals surface area contributed by atoms with E-state index in [1.165, 1.54) is 6.33 Å². The molecule has 7 rings (SSSR count). The van der Waals surface area contributed by atoms with Gasteiger partial charge in [0.2, 0.25) is 11.9 Å². The molecule has 1 aliphatic carbocycles. The van der Waals surface area contributed by atoms with E-state index in [-0.39, 0.29) is 31.6 Å². The van der Waals surface area contributed by atoms with Crippen LogP contribution in [-0.4, -0.2) is 119 Å². The van der Waals surface area contributed by atoms with Crippen molar-refractivity contribution in [3.8, 4) is 0 Å². The van der Waals surface area contributed by atoms with E-state index in [1.54, 1.807) is 29.1 Å². The number of aliphatic hydroxyl groups excluding tert-OH is 3. The minimum absolute atomic E-state index is 0.0735. The zero-order valence-corrected chi connectivity index (χ0v) is 26.4. The Bertz CT molecular complexity index is 1810. The molecule has 2 saturated heterocycles. The summed E-state index contributed by atoms with van der Waals surface area (Å²) in [5, 5.41) is 44.1. The predicted molar refractivity (Wildman–Crippen MR) is 177 cm³/mol. The molecule has 1 aromatic carbocycles. The molecule has 3 aliphatic rings. The van der Waals surface area contributed by atoms with E-state index in [0.29, 0.717) is 54.5 Å². The van der Waals surface area contributed by atoms with Crippen molar-refractivity contribution in [1.29, 1.82) is 0 Å². The highest BCUT2D eigenvalue weighted by atomic mass is 16.3. The van der Waals surface area contributed by atoms with E-state index >= 15 is 0 Å². The third-order valence-electron chi connectivity index (χ3n) is 9.21. The highest BCUT2D eigenvalue weighted by molar-refractivity contribution is 6.02. The number of imidazole rings is 1. The van der Waals surface area contributed by atoms with Crippen LogP contribution in [-0.2, 0) is 11.2 Å². The van der Waals surface area contributed by atoms with Crippen molar-refractivity contribution in [2.75, 3.05) is 41.8 Å². The van der Waals surface area contributed by atoms with Crippen molar-refractivity contribution in [2.45, 2.75) is 55.6 Å². The van der Waals surface area contributed by atoms with Gasteiger partial charge in [0.1, 0.15) is 12.2 Å². The summed E-state index contributed by atoms with van der Waals surface area (Å²) in [6, 6.07) is 9.84. The van der Waals surface area contributed by atoms with E-state index in [1.807, 2.05) is 35.2 Å². The highest BCUT2D eigenvalue weighted by Gasteiger charge is 2.50. The first-order valence-corrected chi connectivity index (χ1v) is 16.1. The van der Waals surface area contributed by atoms with Crippen LogP contribution in [0.4, 0.5) is 27.0 Å². The average Bonchev–Trinajstić information content (AvgIpc) is 3.89. The van der Waals surface area contributed by atoms with Crippen LogP contribution in [0.15, 0.2) is 61.2 Å². The minimum atomic E-state index is -1.39. The number of hydrogen-bond acceptors (Lipinski definition) is 12. The molecule has 256 valence electrons. The Morgan fingerprint density at radius 3 is 2.61 bits per heavy atom. The fourth-order valence-corrected chi connectivity index (χ4v) is 6.78. The van der Waals surface area contributed by atoms with E-state index in [0.717, 1.165) is 10.5 Å². The van der Waals surface area contributed by atoms with E-state index in [4.69, 9.17) is 9.97 Å². The first-order chi connectivity index (χ1) is 23.8. The van der Waals surface area contributed by atoms with Crippen LogP contribution < -0.4 is 26.2 Å². The number of carbonyl (C=O) groups is 3. The molecule has 5 heterocycles. The van der Waals surface area contributed by atoms with Crippen LogP contribution in [0.1, 0.15) is 24.4 Å². The Kier molecular flexibility index (Phi) is 8.94. The summed E-state index contributed by atoms with van der Waals surface area (Å²) in [6.07, 6.45) is 3.14. The van der Waals surface area contributed by atoms with Crippen LogP contribution in [0.25, 0.3) is 11.2 Å². The summed E-state index contributed by atoms with van der Waals surface area (Å²) in [5.74, 6) is 0.218. The molecule has 7 N–H and O–H groups in total. The molecule has 17 nitrogen and oxygen atoms in total. The second kappa shape index (κ2) is 13.6. The van der Waals surface area contributed by atoms with Crippen molar-refractivity contribution in [1.82, 2.24) is 40.0 Å². The number of nitrogens with one attached hydrogen (secondary N) is 4. The molecule has 49 heavy (non-hydrogen) atoms. The van der Waals surface area contributed by atoms with Crippen molar-refractivity contribution < 1.29 is 29.7 Å². The van der Waals surface area contributed by atoms with Crippen molar-refractivity contribution in [3.05, 3.63) is 66.7 Å². The van der Waals surface area contributed by atoms with Gasteiger partial charge in [-0.3, -0.25) is 14.7 Å². The van der Waals surface area contributed by atoms with Gasteiger partial charge in [0, 0.05) is 25.3 Å². The van der Waals surface area contributed by atoms with Gasteiger partial charge in [0.15, 0.2) is 17.0 Å². The molecule has 3 aromatic heterocycles. The summed E-state index contributed by atoms with van der Waals surface area (Å²) >= 11 is 0. The summed E-state index contributed by atoms with van der Waals surface area (Å²) in [5.41, 5.74) is 2.30. The molecule has 6 atom stereocenters. The minimum Gasteiger partial charge on any atom is -0.394 e. The largest absolute Gasteiger partial charge is 0.394 e. The number of aromatic nitrogens is 5. The molecule has 0 spiro atoms. The van der Waals surface area contributed by atoms with E-state index in [2.05, 4.69) is 31.2 Å². The van der Waals surface area contributed by atoms with Gasteiger partial charge in [-0.25, -0.2) is 14.6 Å². The lowest BCUT2D eigenvalue weighted by atomic mass is 10.1. The second-order valence-corrected chi connectivity index (χ2v) is 12.5. The van der Waals surface area contributed by atoms with Crippen LogP contribution in [0.3, 0.4) is 0 Å². The smallest absolute Gasteiger partial charge is 0.324 e. The van der Waals surface area contributed by atoms with Gasteiger partial charge in [-0.1, -0.05) is 30.3 Å². The first-order valence-electron chi connectivity index (χ1n) is 16.1. The van der Waals surface area contributed by atoms with Gasteiger partial charge in [0.05, 0.1) is 49.5 Å². The Morgan fingerprint density at radius 1 is 1.06 bits per heavy atom. The summed E-state index contributed by atoms with van der Waals surface area (Å²) in [4.78, 5) is 58.7. The molecule has 2 aliphatic heterocycles. The van der Waals surface area contributed by atoms with Crippen LogP contribution in [0.2, 0.25) is 0 Å². The number of pyridine rings is 1. The number of hydrogen-bond donors (Lipinski definition) is 7. The molecule has 3 fully saturated rings. The maximum absolute atomic E-state index is 12.7. The van der Waals surface area contributed by atoms with Gasteiger partial charge >= 0.3 is 12.1 Å². The number of carbonyl (C=O) groups excluding carboxylic acids is 3. The molecule has 6 unspecified atom stereocenters. The third kappa shape index (κ3) is 6.55. The number of fused-ring (bicyclic) bond motifs is 1. The quantitative estimate of drug-likeness (QED) is 0.113. The van der Waals surface area contributed by atoms with Crippen molar-refractivity contribution >= 4 is 46.6 Å². The maximum atomic E-state index is 12.7. The van der Waals surface area contributed by atoms with E-state index in [9.17, 15) is 29.7 Å². The topological polar surface area (TPSA) is 223 Å². The monoisotopic (exact) mass is 671 g/mol. The van der Waals surface area contributed by atoms with E-state index < -0.39 is 42.3 Å². The Balaban J connectivity index is 1.18. The normalized spacial score (nSPS) is 24.3. The lowest BCUT2D eigenvalue weighted by molar-refractivity contribution is -0.128. The lowest BCUT2D eigenvalue weighted by Crippen LogP contribution is -2.46. The fraction of sp³-hybridized carbons (Fsp3) is 0.406. The average molecular weight is 672 g/mol. The van der Waals surface area contributed by atoms with Crippen LogP contribution >= 0.6 is 0 Å². The zero-order valence-electron chi connectivity index (χ0n) is 26.4. The van der Waals surface area contributed by atoms with Gasteiger partial charge in [-0.2, -0.15) is 9.97 Å². The Morgan fingerprint density at radius 2 is 1.88 bits per heavy atom. The van der Waals surface area contributed by atoms with Gasteiger partial charge in [0.25, 0.3) is 0 Å². The second-order valence-electron chi connectivity index (χ2n) is 12.5. The van der Waals surface area contributed by atoms with Crippen LogP contribution in [0.5, 0.6) is 0 Å². The number of imide groups is 1. The third-order valence-corrected chi connectivity index (χ3v) is 9.21. The molecule has 0 radical (unpaired) electrons. The summed E-state index contributed by atoms with van der Waals surface area (Å²) in [7, 11) is 0. The number of anilines is 3. The first kappa shape index (κ1) is 32.2. The molecule has 1 saturated carbocycles. The molecule has 5 amide bonds. The zero-order chi connectivity index (χ0) is 34.1. The maximum Gasteiger partial charge on any atom is 0.324 e. The van der Waals surface area contributed by atoms with Crippen molar-refractivity contribution in [2.24, 2.45) is 0 Å². The molecular weight excluding hydrogens is 634 g/mol. The predicted octanol–water partition coefficient (Wildman–Crippen LogP) is 0.224. The number of nitrogens with zero attached hydrogens (tertiary/aromatic N) is 7. The number of urea groups is 2. The Hall–Kier alpha value is -5.39. The van der Waals surface area contributed by atoms with Gasteiger partial charge in [-0.05, 0) is 37.0 Å². The number of amides is 5. The number of aliphatic hydroxyl groups is 3. The molecular formula is C32H37N11O6. The van der Waals surface area contributed by atoms with Crippen LogP contribution in [0, 0.1) is 0 Å². The Labute approximate surface area is 280 Å². The SMILES string of the molecule is O=C(Nc1cccnc1)NC1CCN(c2nc(NC(CO)Cc3ccccc3)c3ncn(C4CC(N5C(=O)CNC5=O)C(O)C4O)c3n2)C1. The lowest BCUT2D eigenvalue weighted by Gasteiger charge is -2.23.